The monoisotopic (exact) mass is 278 g/mol. The van der Waals surface area contributed by atoms with Crippen LogP contribution >= 0.6 is 0 Å². The van der Waals surface area contributed by atoms with Crippen molar-refractivity contribution in [3.63, 3.8) is 0 Å². The second kappa shape index (κ2) is 6.79. The zero-order valence-electron chi connectivity index (χ0n) is 13.6. The van der Waals surface area contributed by atoms with Crippen molar-refractivity contribution in [2.45, 2.75) is 77.3 Å². The van der Waals surface area contributed by atoms with Gasteiger partial charge in [-0.05, 0) is 69.4 Å². The van der Waals surface area contributed by atoms with Gasteiger partial charge in [0, 0.05) is 18.6 Å². The smallest absolute Gasteiger partial charge is 0.0101 e. The second-order valence-electron chi connectivity index (χ2n) is 7.96. The summed E-state index contributed by atoms with van der Waals surface area (Å²) >= 11 is 0. The number of hydrogen-bond acceptors (Lipinski definition) is 2. The van der Waals surface area contributed by atoms with E-state index >= 15 is 0 Å². The van der Waals surface area contributed by atoms with Crippen LogP contribution in [-0.4, -0.2) is 36.6 Å². The highest BCUT2D eigenvalue weighted by atomic mass is 15.2. The minimum atomic E-state index is 0.884. The zero-order valence-corrected chi connectivity index (χ0v) is 13.6. The van der Waals surface area contributed by atoms with E-state index in [0.717, 1.165) is 29.8 Å². The molecule has 3 atom stereocenters. The lowest BCUT2D eigenvalue weighted by molar-refractivity contribution is 0.0860. The maximum absolute atomic E-state index is 3.60. The molecule has 2 heteroatoms. The standard InChI is InChI=1S/C18H34N2/c1-14(2)16-6-3-7-18(11-16)20(17-8-9-17)13-15-5-4-10-19-12-15/h14-19H,3-13H2,1-2H3. The summed E-state index contributed by atoms with van der Waals surface area (Å²) in [6, 6.07) is 1.86. The van der Waals surface area contributed by atoms with Crippen molar-refractivity contribution in [2.75, 3.05) is 19.6 Å². The van der Waals surface area contributed by atoms with Crippen LogP contribution in [-0.2, 0) is 0 Å². The first kappa shape index (κ1) is 14.8. The first-order valence-corrected chi connectivity index (χ1v) is 9.20. The molecule has 0 amide bonds. The summed E-state index contributed by atoms with van der Waals surface area (Å²) in [4.78, 5) is 2.95. The second-order valence-corrected chi connectivity index (χ2v) is 7.96. The molecule has 0 aromatic carbocycles. The van der Waals surface area contributed by atoms with Crippen molar-refractivity contribution < 1.29 is 0 Å². The average molecular weight is 278 g/mol. The molecule has 3 unspecified atom stereocenters. The molecular weight excluding hydrogens is 244 g/mol. The van der Waals surface area contributed by atoms with E-state index in [1.165, 1.54) is 71.0 Å². The van der Waals surface area contributed by atoms with Crippen LogP contribution in [0.5, 0.6) is 0 Å². The Bertz CT molecular complexity index is 292. The van der Waals surface area contributed by atoms with Gasteiger partial charge in [-0.25, -0.2) is 0 Å². The van der Waals surface area contributed by atoms with Gasteiger partial charge in [0.05, 0.1) is 0 Å². The average Bonchev–Trinajstić information content (AvgIpc) is 3.30. The molecule has 3 fully saturated rings. The minimum Gasteiger partial charge on any atom is -0.316 e. The number of nitrogens with zero attached hydrogens (tertiary/aromatic N) is 1. The topological polar surface area (TPSA) is 15.3 Å². The van der Waals surface area contributed by atoms with Gasteiger partial charge in [0.15, 0.2) is 0 Å². The number of nitrogens with one attached hydrogen (secondary N) is 1. The maximum Gasteiger partial charge on any atom is 0.0101 e. The van der Waals surface area contributed by atoms with Gasteiger partial charge < -0.3 is 5.32 Å². The van der Waals surface area contributed by atoms with Gasteiger partial charge >= 0.3 is 0 Å². The predicted octanol–water partition coefficient (Wildman–Crippen LogP) is 3.67. The van der Waals surface area contributed by atoms with Crippen molar-refractivity contribution >= 4 is 0 Å². The van der Waals surface area contributed by atoms with Crippen molar-refractivity contribution in [1.82, 2.24) is 10.2 Å². The van der Waals surface area contributed by atoms with Crippen LogP contribution in [0.2, 0.25) is 0 Å². The molecule has 3 aliphatic rings. The summed E-state index contributed by atoms with van der Waals surface area (Å²) in [5.74, 6) is 2.79. The molecule has 0 aromatic heterocycles. The molecule has 116 valence electrons. The molecule has 3 rings (SSSR count). The molecule has 0 spiro atoms. The zero-order chi connectivity index (χ0) is 13.9. The van der Waals surface area contributed by atoms with E-state index in [1.807, 2.05) is 0 Å². The molecule has 0 radical (unpaired) electrons. The van der Waals surface area contributed by atoms with Gasteiger partial charge in [0.25, 0.3) is 0 Å². The fourth-order valence-electron chi connectivity index (χ4n) is 4.49. The SMILES string of the molecule is CC(C)C1CCCC(N(CC2CCCNC2)C2CC2)C1. The number of piperidine rings is 1. The van der Waals surface area contributed by atoms with E-state index in [1.54, 1.807) is 0 Å². The Morgan fingerprint density at radius 2 is 1.85 bits per heavy atom. The van der Waals surface area contributed by atoms with Gasteiger partial charge in [-0.3, -0.25) is 4.90 Å². The molecule has 1 N–H and O–H groups in total. The summed E-state index contributed by atoms with van der Waals surface area (Å²) in [5.41, 5.74) is 0. The van der Waals surface area contributed by atoms with Gasteiger partial charge in [-0.2, -0.15) is 0 Å². The van der Waals surface area contributed by atoms with Gasteiger partial charge in [-0.1, -0.05) is 26.7 Å². The van der Waals surface area contributed by atoms with Gasteiger partial charge in [0.2, 0.25) is 0 Å². The Balaban J connectivity index is 1.58. The van der Waals surface area contributed by atoms with Crippen LogP contribution < -0.4 is 5.32 Å². The Labute approximate surface area is 125 Å². The minimum absolute atomic E-state index is 0.884. The molecule has 1 heterocycles. The first-order valence-electron chi connectivity index (χ1n) is 9.20. The van der Waals surface area contributed by atoms with E-state index in [9.17, 15) is 0 Å². The Kier molecular flexibility index (Phi) is 5.04. The predicted molar refractivity (Wildman–Crippen MR) is 85.9 cm³/mol. The van der Waals surface area contributed by atoms with Crippen LogP contribution in [0.25, 0.3) is 0 Å². The molecule has 1 saturated heterocycles. The maximum atomic E-state index is 3.60. The van der Waals surface area contributed by atoms with Crippen molar-refractivity contribution in [1.29, 1.82) is 0 Å². The van der Waals surface area contributed by atoms with Crippen molar-refractivity contribution in [2.24, 2.45) is 17.8 Å². The van der Waals surface area contributed by atoms with Gasteiger partial charge in [0.1, 0.15) is 0 Å². The van der Waals surface area contributed by atoms with E-state index < -0.39 is 0 Å². The van der Waals surface area contributed by atoms with Gasteiger partial charge in [-0.15, -0.1) is 0 Å². The molecule has 2 saturated carbocycles. The Morgan fingerprint density at radius 1 is 1.00 bits per heavy atom. The number of hydrogen-bond donors (Lipinski definition) is 1. The quantitative estimate of drug-likeness (QED) is 0.825. The summed E-state index contributed by atoms with van der Waals surface area (Å²) in [6.45, 7) is 8.76. The normalized spacial score (nSPS) is 35.7. The highest BCUT2D eigenvalue weighted by molar-refractivity contribution is 4.93. The molecule has 2 aliphatic carbocycles. The highest BCUT2D eigenvalue weighted by Gasteiger charge is 2.37. The lowest BCUT2D eigenvalue weighted by Crippen LogP contribution is -2.46. The lowest BCUT2D eigenvalue weighted by Gasteiger charge is -2.41. The highest BCUT2D eigenvalue weighted by Crippen LogP contribution is 2.38. The third-order valence-electron chi connectivity index (χ3n) is 5.98. The third-order valence-corrected chi connectivity index (χ3v) is 5.98. The fraction of sp³-hybridized carbons (Fsp3) is 1.00. The lowest BCUT2D eigenvalue weighted by atomic mass is 9.78. The summed E-state index contributed by atoms with van der Waals surface area (Å²) in [5, 5.41) is 3.60. The van der Waals surface area contributed by atoms with Crippen molar-refractivity contribution in [3.8, 4) is 0 Å². The molecule has 1 aliphatic heterocycles. The summed E-state index contributed by atoms with van der Waals surface area (Å²) in [6.07, 6.45) is 11.7. The molecule has 2 nitrogen and oxygen atoms in total. The molecular formula is C18H34N2. The van der Waals surface area contributed by atoms with Crippen LogP contribution in [0, 0.1) is 17.8 Å². The van der Waals surface area contributed by atoms with E-state index in [4.69, 9.17) is 0 Å². The Morgan fingerprint density at radius 3 is 2.50 bits per heavy atom. The van der Waals surface area contributed by atoms with E-state index in [-0.39, 0.29) is 0 Å². The third kappa shape index (κ3) is 3.76. The largest absolute Gasteiger partial charge is 0.316 e. The fourth-order valence-corrected chi connectivity index (χ4v) is 4.49. The van der Waals surface area contributed by atoms with E-state index in [0.29, 0.717) is 0 Å². The van der Waals surface area contributed by atoms with Crippen LogP contribution in [0.3, 0.4) is 0 Å². The first-order chi connectivity index (χ1) is 9.74. The Hall–Kier alpha value is -0.0800. The van der Waals surface area contributed by atoms with Crippen LogP contribution in [0.4, 0.5) is 0 Å². The van der Waals surface area contributed by atoms with Crippen LogP contribution in [0.15, 0.2) is 0 Å². The molecule has 0 bridgehead atoms. The number of rotatable bonds is 5. The summed E-state index contributed by atoms with van der Waals surface area (Å²) in [7, 11) is 0. The van der Waals surface area contributed by atoms with Crippen molar-refractivity contribution in [3.05, 3.63) is 0 Å². The molecule has 20 heavy (non-hydrogen) atoms. The van der Waals surface area contributed by atoms with E-state index in [2.05, 4.69) is 24.1 Å². The molecule has 0 aromatic rings. The summed E-state index contributed by atoms with van der Waals surface area (Å²) < 4.78 is 0. The van der Waals surface area contributed by atoms with Crippen LogP contribution in [0.1, 0.15) is 65.2 Å².